The van der Waals surface area contributed by atoms with Crippen molar-refractivity contribution in [2.45, 2.75) is 26.4 Å². The predicted molar refractivity (Wildman–Crippen MR) is 83.2 cm³/mol. The number of imidazole rings is 1. The maximum atomic E-state index is 4.44. The van der Waals surface area contributed by atoms with Gasteiger partial charge in [0.1, 0.15) is 5.82 Å². The number of aryl methyl sites for hydroxylation is 1. The molecule has 108 valence electrons. The van der Waals surface area contributed by atoms with E-state index < -0.39 is 0 Å². The quantitative estimate of drug-likeness (QED) is 0.875. The second-order valence-corrected chi connectivity index (χ2v) is 5.41. The van der Waals surface area contributed by atoms with E-state index >= 15 is 0 Å². The molecule has 0 saturated carbocycles. The van der Waals surface area contributed by atoms with Gasteiger partial charge in [0.05, 0.1) is 11.9 Å². The average Bonchev–Trinajstić information content (AvgIpc) is 2.80. The molecule has 1 atom stereocenters. The number of nitrogens with zero attached hydrogens (tertiary/aromatic N) is 3. The molecule has 0 aliphatic heterocycles. The van der Waals surface area contributed by atoms with Crippen molar-refractivity contribution in [2.24, 2.45) is 0 Å². The first-order chi connectivity index (χ1) is 9.59. The van der Waals surface area contributed by atoms with Crippen molar-refractivity contribution in [3.63, 3.8) is 0 Å². The lowest BCUT2D eigenvalue weighted by molar-refractivity contribution is 0.302. The van der Waals surface area contributed by atoms with Gasteiger partial charge in [0.15, 0.2) is 0 Å². The highest BCUT2D eigenvalue weighted by molar-refractivity contribution is 5.35. The summed E-state index contributed by atoms with van der Waals surface area (Å²) in [4.78, 5) is 6.65. The normalized spacial score (nSPS) is 12.8. The summed E-state index contributed by atoms with van der Waals surface area (Å²) in [5.41, 5.74) is 2.36. The van der Waals surface area contributed by atoms with Gasteiger partial charge in [-0.3, -0.25) is 4.57 Å². The molecule has 4 nitrogen and oxygen atoms in total. The molecule has 0 saturated heterocycles. The summed E-state index contributed by atoms with van der Waals surface area (Å²) in [6, 6.07) is 10.9. The number of benzene rings is 1. The van der Waals surface area contributed by atoms with Crippen molar-refractivity contribution >= 4 is 0 Å². The van der Waals surface area contributed by atoms with Crippen LogP contribution in [0.2, 0.25) is 0 Å². The van der Waals surface area contributed by atoms with Gasteiger partial charge in [-0.1, -0.05) is 18.2 Å². The number of nitrogens with one attached hydrogen (secondary N) is 1. The fourth-order valence-corrected chi connectivity index (χ4v) is 2.14. The van der Waals surface area contributed by atoms with E-state index in [0.29, 0.717) is 6.04 Å². The van der Waals surface area contributed by atoms with Gasteiger partial charge in [0.25, 0.3) is 0 Å². The van der Waals surface area contributed by atoms with Gasteiger partial charge in [-0.15, -0.1) is 0 Å². The first kappa shape index (κ1) is 14.8. The number of hydrogen-bond donors (Lipinski definition) is 1. The van der Waals surface area contributed by atoms with Crippen LogP contribution in [0.5, 0.6) is 0 Å². The topological polar surface area (TPSA) is 33.1 Å². The van der Waals surface area contributed by atoms with E-state index in [4.69, 9.17) is 0 Å². The molecule has 1 unspecified atom stereocenters. The van der Waals surface area contributed by atoms with E-state index in [0.717, 1.165) is 18.9 Å². The summed E-state index contributed by atoms with van der Waals surface area (Å²) >= 11 is 0. The minimum absolute atomic E-state index is 0.518. The van der Waals surface area contributed by atoms with Crippen molar-refractivity contribution in [2.75, 3.05) is 20.6 Å². The second-order valence-electron chi connectivity index (χ2n) is 5.41. The minimum Gasteiger partial charge on any atom is -0.310 e. The van der Waals surface area contributed by atoms with Crippen LogP contribution in [0, 0.1) is 6.92 Å². The SMILES string of the molecule is Cc1ncc(CNCC(C)N(C)C)n1-c1ccccc1. The van der Waals surface area contributed by atoms with Crippen molar-refractivity contribution in [1.82, 2.24) is 19.8 Å². The Morgan fingerprint density at radius 1 is 1.25 bits per heavy atom. The van der Waals surface area contributed by atoms with Crippen LogP contribution in [-0.4, -0.2) is 41.1 Å². The van der Waals surface area contributed by atoms with Crippen LogP contribution in [0.1, 0.15) is 18.4 Å². The Labute approximate surface area is 121 Å². The minimum atomic E-state index is 0.518. The monoisotopic (exact) mass is 272 g/mol. The zero-order valence-electron chi connectivity index (χ0n) is 12.8. The molecular weight excluding hydrogens is 248 g/mol. The smallest absolute Gasteiger partial charge is 0.110 e. The molecule has 4 heteroatoms. The highest BCUT2D eigenvalue weighted by atomic mass is 15.1. The highest BCUT2D eigenvalue weighted by Gasteiger charge is 2.09. The number of likely N-dealkylation sites (N-methyl/N-ethyl adjacent to an activating group) is 1. The van der Waals surface area contributed by atoms with E-state index in [9.17, 15) is 0 Å². The van der Waals surface area contributed by atoms with Crippen molar-refractivity contribution < 1.29 is 0 Å². The molecule has 0 bridgehead atoms. The molecule has 20 heavy (non-hydrogen) atoms. The summed E-state index contributed by atoms with van der Waals surface area (Å²) in [5, 5.41) is 3.50. The molecule has 1 aromatic carbocycles. The molecule has 0 aliphatic carbocycles. The highest BCUT2D eigenvalue weighted by Crippen LogP contribution is 2.14. The molecular formula is C16H24N4. The lowest BCUT2D eigenvalue weighted by Gasteiger charge is -2.20. The Morgan fingerprint density at radius 3 is 2.60 bits per heavy atom. The predicted octanol–water partition coefficient (Wildman–Crippen LogP) is 2.22. The number of hydrogen-bond acceptors (Lipinski definition) is 3. The van der Waals surface area contributed by atoms with Crippen molar-refractivity contribution in [3.8, 4) is 5.69 Å². The summed E-state index contributed by atoms with van der Waals surface area (Å²) in [6.45, 7) is 6.05. The molecule has 0 fully saturated rings. The average molecular weight is 272 g/mol. The Kier molecular flexibility index (Phi) is 4.93. The fourth-order valence-electron chi connectivity index (χ4n) is 2.14. The van der Waals surface area contributed by atoms with Crippen LogP contribution >= 0.6 is 0 Å². The van der Waals surface area contributed by atoms with Gasteiger partial charge in [0.2, 0.25) is 0 Å². The van der Waals surface area contributed by atoms with Gasteiger partial charge in [-0.05, 0) is 40.1 Å². The third kappa shape index (κ3) is 3.46. The molecule has 1 heterocycles. The molecule has 0 radical (unpaired) electrons. The zero-order chi connectivity index (χ0) is 14.5. The van der Waals surface area contributed by atoms with Crippen LogP contribution in [-0.2, 0) is 6.54 Å². The first-order valence-electron chi connectivity index (χ1n) is 7.05. The molecule has 1 aromatic heterocycles. The number of rotatable bonds is 6. The molecule has 0 aliphatic rings. The maximum Gasteiger partial charge on any atom is 0.110 e. The van der Waals surface area contributed by atoms with E-state index in [2.05, 4.69) is 65.1 Å². The van der Waals surface area contributed by atoms with E-state index in [1.54, 1.807) is 0 Å². The van der Waals surface area contributed by atoms with Crippen LogP contribution in [0.25, 0.3) is 5.69 Å². The zero-order valence-corrected chi connectivity index (χ0v) is 12.8. The largest absolute Gasteiger partial charge is 0.310 e. The van der Waals surface area contributed by atoms with Crippen LogP contribution in [0.4, 0.5) is 0 Å². The van der Waals surface area contributed by atoms with Gasteiger partial charge >= 0.3 is 0 Å². The molecule has 2 rings (SSSR count). The fraction of sp³-hybridized carbons (Fsp3) is 0.438. The Bertz CT molecular complexity index is 531. The molecule has 2 aromatic rings. The van der Waals surface area contributed by atoms with Gasteiger partial charge in [-0.2, -0.15) is 0 Å². The van der Waals surface area contributed by atoms with Crippen LogP contribution < -0.4 is 5.32 Å². The molecule has 1 N–H and O–H groups in total. The third-order valence-corrected chi connectivity index (χ3v) is 3.65. The third-order valence-electron chi connectivity index (χ3n) is 3.65. The van der Waals surface area contributed by atoms with Crippen molar-refractivity contribution in [3.05, 3.63) is 48.0 Å². The Morgan fingerprint density at radius 2 is 1.95 bits per heavy atom. The summed E-state index contributed by atoms with van der Waals surface area (Å²) in [6.07, 6.45) is 1.95. The summed E-state index contributed by atoms with van der Waals surface area (Å²) < 4.78 is 2.20. The molecule has 0 amide bonds. The summed E-state index contributed by atoms with van der Waals surface area (Å²) in [5.74, 6) is 1.02. The summed E-state index contributed by atoms with van der Waals surface area (Å²) in [7, 11) is 4.20. The van der Waals surface area contributed by atoms with E-state index in [-0.39, 0.29) is 0 Å². The Balaban J connectivity index is 2.07. The van der Waals surface area contributed by atoms with Crippen molar-refractivity contribution in [1.29, 1.82) is 0 Å². The lowest BCUT2D eigenvalue weighted by Crippen LogP contribution is -2.35. The first-order valence-corrected chi connectivity index (χ1v) is 7.05. The van der Waals surface area contributed by atoms with Gasteiger partial charge in [-0.25, -0.2) is 4.98 Å². The van der Waals surface area contributed by atoms with Crippen LogP contribution in [0.15, 0.2) is 36.5 Å². The lowest BCUT2D eigenvalue weighted by atomic mass is 10.3. The molecule has 0 spiro atoms. The standard InChI is InChI=1S/C16H24N4/c1-13(19(3)4)10-17-11-16-12-18-14(2)20(16)15-8-6-5-7-9-15/h5-9,12-13,17H,10-11H2,1-4H3. The number of aromatic nitrogens is 2. The maximum absolute atomic E-state index is 4.44. The number of para-hydroxylation sites is 1. The van der Waals surface area contributed by atoms with E-state index in [1.165, 1.54) is 11.4 Å². The Hall–Kier alpha value is -1.65. The van der Waals surface area contributed by atoms with Gasteiger partial charge < -0.3 is 10.2 Å². The van der Waals surface area contributed by atoms with Crippen LogP contribution in [0.3, 0.4) is 0 Å². The van der Waals surface area contributed by atoms with Gasteiger partial charge in [0, 0.05) is 24.8 Å². The second kappa shape index (κ2) is 6.68. The van der Waals surface area contributed by atoms with E-state index in [1.807, 2.05) is 19.2 Å².